The lowest BCUT2D eigenvalue weighted by atomic mass is 9.64. The molecule has 1 aliphatic heterocycles. The van der Waals surface area contributed by atoms with Gasteiger partial charge in [-0.25, -0.2) is 9.97 Å². The van der Waals surface area contributed by atoms with Crippen LogP contribution in [0.25, 0.3) is 16.8 Å². The first kappa shape index (κ1) is 17.7. The standard InChI is InChI=1S/C24H27N3O/c1-15-18-7-8-20-22(16-5-3-2-4-6-16)26-24(17-11-13-25-14-12-17)27-23(20)19(18)9-10-21(15)28/h2-6,11,15,18-19,25H,7-10,12-14H2,1H3. The molecule has 144 valence electrons. The van der Waals surface area contributed by atoms with Gasteiger partial charge in [-0.2, -0.15) is 0 Å². The van der Waals surface area contributed by atoms with Gasteiger partial charge >= 0.3 is 0 Å². The fourth-order valence-corrected chi connectivity index (χ4v) is 5.29. The lowest BCUT2D eigenvalue weighted by Crippen LogP contribution is -2.36. The Labute approximate surface area is 166 Å². The molecular weight excluding hydrogens is 346 g/mol. The van der Waals surface area contributed by atoms with Crippen molar-refractivity contribution in [1.82, 2.24) is 15.3 Å². The highest BCUT2D eigenvalue weighted by atomic mass is 16.1. The normalized spacial score (nSPS) is 27.0. The lowest BCUT2D eigenvalue weighted by Gasteiger charge is -2.40. The van der Waals surface area contributed by atoms with Crippen molar-refractivity contribution >= 4 is 11.4 Å². The van der Waals surface area contributed by atoms with Crippen LogP contribution >= 0.6 is 0 Å². The highest BCUT2D eigenvalue weighted by Gasteiger charge is 2.41. The number of aromatic nitrogens is 2. The molecule has 2 aliphatic carbocycles. The van der Waals surface area contributed by atoms with Gasteiger partial charge in [-0.15, -0.1) is 0 Å². The molecule has 5 rings (SSSR count). The number of fused-ring (bicyclic) bond motifs is 3. The average molecular weight is 374 g/mol. The maximum atomic E-state index is 12.3. The van der Waals surface area contributed by atoms with Crippen LogP contribution in [0, 0.1) is 11.8 Å². The predicted octanol–water partition coefficient (Wildman–Crippen LogP) is 4.17. The van der Waals surface area contributed by atoms with Crippen molar-refractivity contribution < 1.29 is 4.79 Å². The molecule has 3 aliphatic rings. The second-order valence-corrected chi connectivity index (χ2v) is 8.41. The second-order valence-electron chi connectivity index (χ2n) is 8.41. The molecule has 0 saturated heterocycles. The van der Waals surface area contributed by atoms with Crippen LogP contribution in [0.1, 0.15) is 55.6 Å². The summed E-state index contributed by atoms with van der Waals surface area (Å²) in [5.74, 6) is 2.31. The van der Waals surface area contributed by atoms with Crippen molar-refractivity contribution in [2.45, 2.75) is 44.9 Å². The highest BCUT2D eigenvalue weighted by Crippen LogP contribution is 2.47. The Balaban J connectivity index is 1.67. The van der Waals surface area contributed by atoms with Gasteiger partial charge in [0.2, 0.25) is 0 Å². The number of ketones is 1. The Bertz CT molecular complexity index is 934. The SMILES string of the molecule is CC1C(=O)CCC2c3nc(C4=CCNCC4)nc(-c4ccccc4)c3CCC12. The van der Waals surface area contributed by atoms with Crippen molar-refractivity contribution in [3.63, 3.8) is 0 Å². The van der Waals surface area contributed by atoms with Crippen LogP contribution in [-0.2, 0) is 11.2 Å². The van der Waals surface area contributed by atoms with E-state index in [9.17, 15) is 4.79 Å². The molecule has 4 heteroatoms. The number of hydrogen-bond donors (Lipinski definition) is 1. The summed E-state index contributed by atoms with van der Waals surface area (Å²) in [5.41, 5.74) is 6.06. The van der Waals surface area contributed by atoms with Crippen LogP contribution in [0.5, 0.6) is 0 Å². The van der Waals surface area contributed by atoms with Gasteiger partial charge in [0.25, 0.3) is 0 Å². The van der Waals surface area contributed by atoms with E-state index in [1.807, 2.05) is 0 Å². The fraction of sp³-hybridized carbons (Fsp3) is 0.458. The summed E-state index contributed by atoms with van der Waals surface area (Å²) in [6.45, 7) is 3.98. The number of carbonyl (C=O) groups is 1. The topological polar surface area (TPSA) is 54.9 Å². The third-order valence-electron chi connectivity index (χ3n) is 6.89. The van der Waals surface area contributed by atoms with E-state index >= 15 is 0 Å². The maximum Gasteiger partial charge on any atom is 0.155 e. The Morgan fingerprint density at radius 1 is 1.04 bits per heavy atom. The van der Waals surface area contributed by atoms with E-state index < -0.39 is 0 Å². The third kappa shape index (κ3) is 3.00. The summed E-state index contributed by atoms with van der Waals surface area (Å²) in [7, 11) is 0. The number of benzene rings is 1. The van der Waals surface area contributed by atoms with Gasteiger partial charge < -0.3 is 5.32 Å². The zero-order valence-electron chi connectivity index (χ0n) is 16.4. The molecule has 1 N–H and O–H groups in total. The smallest absolute Gasteiger partial charge is 0.155 e. The first-order valence-corrected chi connectivity index (χ1v) is 10.6. The van der Waals surface area contributed by atoms with Crippen molar-refractivity contribution in [3.8, 4) is 11.3 Å². The van der Waals surface area contributed by atoms with Crippen LogP contribution in [0.4, 0.5) is 0 Å². The van der Waals surface area contributed by atoms with E-state index in [0.29, 0.717) is 24.0 Å². The monoisotopic (exact) mass is 373 g/mol. The van der Waals surface area contributed by atoms with Crippen LogP contribution in [0.3, 0.4) is 0 Å². The molecule has 4 nitrogen and oxygen atoms in total. The number of nitrogens with one attached hydrogen (secondary N) is 1. The van der Waals surface area contributed by atoms with E-state index in [-0.39, 0.29) is 5.92 Å². The quantitative estimate of drug-likeness (QED) is 0.859. The van der Waals surface area contributed by atoms with Gasteiger partial charge in [0.1, 0.15) is 5.78 Å². The molecule has 3 atom stereocenters. The second kappa shape index (κ2) is 7.25. The van der Waals surface area contributed by atoms with Crippen LogP contribution in [0.2, 0.25) is 0 Å². The summed E-state index contributed by atoms with van der Waals surface area (Å²) in [5, 5.41) is 3.38. The molecule has 28 heavy (non-hydrogen) atoms. The zero-order valence-corrected chi connectivity index (χ0v) is 16.4. The summed E-state index contributed by atoms with van der Waals surface area (Å²) in [6, 6.07) is 10.5. The van der Waals surface area contributed by atoms with Crippen molar-refractivity contribution in [1.29, 1.82) is 0 Å². The molecule has 0 bridgehead atoms. The largest absolute Gasteiger partial charge is 0.313 e. The van der Waals surface area contributed by atoms with Gasteiger partial charge in [0.05, 0.1) is 11.4 Å². The molecule has 1 aromatic heterocycles. The molecule has 0 spiro atoms. The number of nitrogens with zero attached hydrogens (tertiary/aromatic N) is 2. The van der Waals surface area contributed by atoms with Crippen molar-refractivity contribution in [2.75, 3.05) is 13.1 Å². The van der Waals surface area contributed by atoms with Gasteiger partial charge in [-0.1, -0.05) is 43.3 Å². The van der Waals surface area contributed by atoms with Crippen LogP contribution in [-0.4, -0.2) is 28.8 Å². The first-order valence-electron chi connectivity index (χ1n) is 10.6. The van der Waals surface area contributed by atoms with E-state index in [4.69, 9.17) is 9.97 Å². The number of rotatable bonds is 2. The minimum absolute atomic E-state index is 0.156. The fourth-order valence-electron chi connectivity index (χ4n) is 5.29. The third-order valence-corrected chi connectivity index (χ3v) is 6.89. The van der Waals surface area contributed by atoms with Crippen LogP contribution in [0.15, 0.2) is 36.4 Å². The van der Waals surface area contributed by atoms with E-state index in [2.05, 4.69) is 48.6 Å². The first-order chi connectivity index (χ1) is 13.7. The summed E-state index contributed by atoms with van der Waals surface area (Å²) in [6.07, 6.45) is 6.86. The van der Waals surface area contributed by atoms with E-state index in [0.717, 1.165) is 50.3 Å². The molecule has 1 saturated carbocycles. The minimum Gasteiger partial charge on any atom is -0.313 e. The van der Waals surface area contributed by atoms with Gasteiger partial charge in [0.15, 0.2) is 5.82 Å². The molecule has 2 heterocycles. The lowest BCUT2D eigenvalue weighted by molar-refractivity contribution is -0.126. The van der Waals surface area contributed by atoms with Crippen LogP contribution < -0.4 is 5.32 Å². The maximum absolute atomic E-state index is 12.3. The van der Waals surface area contributed by atoms with E-state index in [1.54, 1.807) is 0 Å². The number of Topliss-reactive ketones (excluding diaryl/α,β-unsaturated/α-hetero) is 1. The number of hydrogen-bond acceptors (Lipinski definition) is 4. The predicted molar refractivity (Wildman–Crippen MR) is 111 cm³/mol. The van der Waals surface area contributed by atoms with Gasteiger partial charge in [0, 0.05) is 35.9 Å². The van der Waals surface area contributed by atoms with Gasteiger partial charge in [-0.3, -0.25) is 4.79 Å². The minimum atomic E-state index is 0.156. The summed E-state index contributed by atoms with van der Waals surface area (Å²) in [4.78, 5) is 22.5. The van der Waals surface area contributed by atoms with E-state index in [1.165, 1.54) is 22.4 Å². The average Bonchev–Trinajstić information content (AvgIpc) is 2.76. The zero-order chi connectivity index (χ0) is 19.1. The summed E-state index contributed by atoms with van der Waals surface area (Å²) < 4.78 is 0. The molecule has 1 fully saturated rings. The molecule has 0 amide bonds. The van der Waals surface area contributed by atoms with Crippen molar-refractivity contribution in [2.24, 2.45) is 11.8 Å². The Morgan fingerprint density at radius 3 is 2.68 bits per heavy atom. The Hall–Kier alpha value is -2.33. The van der Waals surface area contributed by atoms with Crippen molar-refractivity contribution in [3.05, 3.63) is 53.5 Å². The molecule has 0 radical (unpaired) electrons. The molecular formula is C24H27N3O. The molecule has 3 unspecified atom stereocenters. The molecule has 2 aromatic rings. The van der Waals surface area contributed by atoms with Gasteiger partial charge in [-0.05, 0) is 43.7 Å². The number of carbonyl (C=O) groups excluding carboxylic acids is 1. The Kier molecular flexibility index (Phi) is 4.59. The summed E-state index contributed by atoms with van der Waals surface area (Å²) >= 11 is 0. The Morgan fingerprint density at radius 2 is 1.89 bits per heavy atom. The highest BCUT2D eigenvalue weighted by molar-refractivity contribution is 5.82. The molecule has 1 aromatic carbocycles.